The quantitative estimate of drug-likeness (QED) is 0.455. The summed E-state index contributed by atoms with van der Waals surface area (Å²) in [5.74, 6) is 1.13. The van der Waals surface area contributed by atoms with Crippen LogP contribution in [-0.4, -0.2) is 6.04 Å². The lowest BCUT2D eigenvalue weighted by molar-refractivity contribution is 0.361. The molecule has 20 heavy (non-hydrogen) atoms. The Morgan fingerprint density at radius 2 is 1.85 bits per heavy atom. The van der Waals surface area contributed by atoms with Crippen LogP contribution in [0, 0.1) is 5.92 Å². The number of nitrogens with two attached hydrogens (primary N) is 1. The van der Waals surface area contributed by atoms with Crippen LogP contribution >= 0.6 is 0 Å². The van der Waals surface area contributed by atoms with Gasteiger partial charge in [0.2, 0.25) is 0 Å². The molecule has 3 atom stereocenters. The van der Waals surface area contributed by atoms with Gasteiger partial charge in [0, 0.05) is 12.0 Å². The predicted octanol–water partition coefficient (Wildman–Crippen LogP) is 5.28. The van der Waals surface area contributed by atoms with Crippen LogP contribution in [-0.2, 0) is 0 Å². The van der Waals surface area contributed by atoms with Crippen LogP contribution in [0.2, 0.25) is 0 Å². The summed E-state index contributed by atoms with van der Waals surface area (Å²) in [6.07, 6.45) is 9.19. The molecule has 3 unspecified atom stereocenters. The van der Waals surface area contributed by atoms with Crippen molar-refractivity contribution in [2.75, 3.05) is 0 Å². The van der Waals surface area contributed by atoms with E-state index in [1.807, 2.05) is 6.08 Å². The highest BCUT2D eigenvalue weighted by Crippen LogP contribution is 2.31. The predicted molar refractivity (Wildman–Crippen MR) is 89.9 cm³/mol. The molecular weight excluding hydrogens is 242 g/mol. The molecule has 0 radical (unpaired) electrons. The van der Waals surface area contributed by atoms with Gasteiger partial charge in [-0.3, -0.25) is 0 Å². The Kier molecular flexibility index (Phi) is 8.29. The maximum absolute atomic E-state index is 6.52. The smallest absolute Gasteiger partial charge is 0.0110 e. The van der Waals surface area contributed by atoms with E-state index >= 15 is 0 Å². The zero-order chi connectivity index (χ0) is 14.8. The highest BCUT2D eigenvalue weighted by molar-refractivity contribution is 5.22. The van der Waals surface area contributed by atoms with E-state index in [2.05, 4.69) is 50.8 Å². The van der Waals surface area contributed by atoms with Crippen molar-refractivity contribution in [2.45, 2.75) is 64.3 Å². The maximum Gasteiger partial charge on any atom is 0.0110 e. The van der Waals surface area contributed by atoms with E-state index in [1.165, 1.54) is 31.2 Å². The monoisotopic (exact) mass is 273 g/mol. The first-order valence-electron chi connectivity index (χ1n) is 8.12. The Labute approximate surface area is 125 Å². The molecule has 1 heteroatoms. The normalized spacial score (nSPS) is 15.6. The average molecular weight is 273 g/mol. The molecule has 0 spiro atoms. The van der Waals surface area contributed by atoms with Crippen molar-refractivity contribution in [3.05, 3.63) is 48.6 Å². The van der Waals surface area contributed by atoms with Gasteiger partial charge in [-0.2, -0.15) is 0 Å². The van der Waals surface area contributed by atoms with Crippen LogP contribution in [0.25, 0.3) is 0 Å². The zero-order valence-corrected chi connectivity index (χ0v) is 13.2. The number of unbranched alkanes of at least 4 members (excludes halogenated alkanes) is 3. The van der Waals surface area contributed by atoms with Gasteiger partial charge in [-0.15, -0.1) is 6.58 Å². The first-order chi connectivity index (χ1) is 9.70. The van der Waals surface area contributed by atoms with E-state index in [9.17, 15) is 0 Å². The topological polar surface area (TPSA) is 26.0 Å². The first-order valence-corrected chi connectivity index (χ1v) is 8.12. The number of allylic oxidation sites excluding steroid dienone is 1. The van der Waals surface area contributed by atoms with Gasteiger partial charge in [0.05, 0.1) is 0 Å². The van der Waals surface area contributed by atoms with E-state index < -0.39 is 0 Å². The van der Waals surface area contributed by atoms with Gasteiger partial charge in [-0.1, -0.05) is 69.5 Å². The average Bonchev–Trinajstić information content (AvgIpc) is 2.48. The van der Waals surface area contributed by atoms with Crippen LogP contribution < -0.4 is 5.73 Å². The molecule has 0 amide bonds. The third-order valence-electron chi connectivity index (χ3n) is 4.35. The van der Waals surface area contributed by atoms with Gasteiger partial charge in [0.25, 0.3) is 0 Å². The number of hydrogen-bond donors (Lipinski definition) is 1. The molecule has 1 nitrogen and oxygen atoms in total. The zero-order valence-electron chi connectivity index (χ0n) is 13.2. The summed E-state index contributed by atoms with van der Waals surface area (Å²) in [5, 5.41) is 0. The van der Waals surface area contributed by atoms with Gasteiger partial charge in [-0.25, -0.2) is 0 Å². The summed E-state index contributed by atoms with van der Waals surface area (Å²) < 4.78 is 0. The standard InChI is InChI=1S/C19H31N/c1-4-6-7-8-12-15-18(20)19(16(3)5-2)17-13-10-9-11-14-17/h4,9-11,13-14,16,18-19H,1,5-8,12,15,20H2,2-3H3. The molecule has 1 rings (SSSR count). The van der Waals surface area contributed by atoms with Crippen molar-refractivity contribution in [2.24, 2.45) is 11.7 Å². The van der Waals surface area contributed by atoms with Crippen molar-refractivity contribution in [3.63, 3.8) is 0 Å². The minimum atomic E-state index is 0.274. The Bertz CT molecular complexity index is 357. The summed E-state index contributed by atoms with van der Waals surface area (Å²) >= 11 is 0. The molecule has 0 aliphatic rings. The second kappa shape index (κ2) is 9.77. The van der Waals surface area contributed by atoms with Gasteiger partial charge in [0.15, 0.2) is 0 Å². The molecule has 0 saturated carbocycles. The van der Waals surface area contributed by atoms with Crippen LogP contribution in [0.3, 0.4) is 0 Å². The SMILES string of the molecule is C=CCCCCCC(N)C(c1ccccc1)C(C)CC. The number of rotatable bonds is 10. The molecule has 0 saturated heterocycles. The van der Waals surface area contributed by atoms with E-state index in [0.717, 1.165) is 12.8 Å². The lowest BCUT2D eigenvalue weighted by Crippen LogP contribution is -2.32. The highest BCUT2D eigenvalue weighted by atomic mass is 14.7. The van der Waals surface area contributed by atoms with Gasteiger partial charge >= 0.3 is 0 Å². The Morgan fingerprint density at radius 3 is 2.45 bits per heavy atom. The van der Waals surface area contributed by atoms with Gasteiger partial charge < -0.3 is 5.73 Å². The molecule has 1 aromatic rings. The maximum atomic E-state index is 6.52. The molecule has 1 aromatic carbocycles. The Hall–Kier alpha value is -1.08. The molecule has 0 fully saturated rings. The molecule has 0 bridgehead atoms. The van der Waals surface area contributed by atoms with Crippen LogP contribution in [0.4, 0.5) is 0 Å². The third kappa shape index (κ3) is 5.50. The van der Waals surface area contributed by atoms with E-state index in [0.29, 0.717) is 11.8 Å². The molecule has 2 N–H and O–H groups in total. The van der Waals surface area contributed by atoms with Crippen molar-refractivity contribution < 1.29 is 0 Å². The summed E-state index contributed by atoms with van der Waals surface area (Å²) in [5.41, 5.74) is 7.92. The number of hydrogen-bond acceptors (Lipinski definition) is 1. The lowest BCUT2D eigenvalue weighted by atomic mass is 9.79. The van der Waals surface area contributed by atoms with Crippen molar-refractivity contribution in [1.82, 2.24) is 0 Å². The summed E-state index contributed by atoms with van der Waals surface area (Å²) in [7, 11) is 0. The lowest BCUT2D eigenvalue weighted by Gasteiger charge is -2.29. The van der Waals surface area contributed by atoms with E-state index in [-0.39, 0.29) is 6.04 Å². The third-order valence-corrected chi connectivity index (χ3v) is 4.35. The van der Waals surface area contributed by atoms with Crippen molar-refractivity contribution in [3.8, 4) is 0 Å². The summed E-state index contributed by atoms with van der Waals surface area (Å²) in [6, 6.07) is 11.1. The fourth-order valence-electron chi connectivity index (χ4n) is 2.95. The molecule has 0 aliphatic heterocycles. The fourth-order valence-corrected chi connectivity index (χ4v) is 2.95. The largest absolute Gasteiger partial charge is 0.327 e. The highest BCUT2D eigenvalue weighted by Gasteiger charge is 2.24. The second-order valence-corrected chi connectivity index (χ2v) is 5.91. The van der Waals surface area contributed by atoms with E-state index in [1.54, 1.807) is 0 Å². The minimum absolute atomic E-state index is 0.274. The summed E-state index contributed by atoms with van der Waals surface area (Å²) in [6.45, 7) is 8.36. The number of benzene rings is 1. The first kappa shape index (κ1) is 17.0. The molecule has 0 aromatic heterocycles. The molecular formula is C19H31N. The van der Waals surface area contributed by atoms with Crippen molar-refractivity contribution in [1.29, 1.82) is 0 Å². The summed E-state index contributed by atoms with van der Waals surface area (Å²) in [4.78, 5) is 0. The molecule has 112 valence electrons. The van der Waals surface area contributed by atoms with Crippen LogP contribution in [0.15, 0.2) is 43.0 Å². The Balaban J connectivity index is 2.57. The minimum Gasteiger partial charge on any atom is -0.327 e. The second-order valence-electron chi connectivity index (χ2n) is 5.91. The van der Waals surface area contributed by atoms with E-state index in [4.69, 9.17) is 5.73 Å². The molecule has 0 heterocycles. The van der Waals surface area contributed by atoms with Gasteiger partial charge in [0.1, 0.15) is 0 Å². The van der Waals surface area contributed by atoms with Crippen LogP contribution in [0.1, 0.15) is 63.9 Å². The Morgan fingerprint density at radius 1 is 1.15 bits per heavy atom. The van der Waals surface area contributed by atoms with Crippen molar-refractivity contribution >= 4 is 0 Å². The fraction of sp³-hybridized carbons (Fsp3) is 0.579. The van der Waals surface area contributed by atoms with Crippen LogP contribution in [0.5, 0.6) is 0 Å². The van der Waals surface area contributed by atoms with Gasteiger partial charge in [-0.05, 0) is 30.7 Å². The molecule has 0 aliphatic carbocycles.